The third-order valence-electron chi connectivity index (χ3n) is 4.90. The molecule has 0 radical (unpaired) electrons. The Kier molecular flexibility index (Phi) is 6.68. The molecule has 4 rings (SSSR count). The first-order valence-electron chi connectivity index (χ1n) is 10.2. The fourth-order valence-corrected chi connectivity index (χ4v) is 4.13. The van der Waals surface area contributed by atoms with E-state index in [2.05, 4.69) is 26.1 Å². The van der Waals surface area contributed by atoms with E-state index < -0.39 is 17.9 Å². The zero-order valence-electron chi connectivity index (χ0n) is 17.7. The summed E-state index contributed by atoms with van der Waals surface area (Å²) in [5, 5.41) is 16.6. The van der Waals surface area contributed by atoms with E-state index in [1.54, 1.807) is 16.7 Å². The van der Waals surface area contributed by atoms with Crippen LogP contribution in [0.1, 0.15) is 17.8 Å². The van der Waals surface area contributed by atoms with Gasteiger partial charge in [0.15, 0.2) is 5.16 Å². The lowest BCUT2D eigenvalue weighted by Gasteiger charge is -2.23. The number of carbonyl (C=O) groups excluding carboxylic acids is 3. The van der Waals surface area contributed by atoms with E-state index in [-0.39, 0.29) is 30.4 Å². The minimum atomic E-state index is -0.563. The van der Waals surface area contributed by atoms with E-state index in [9.17, 15) is 18.8 Å². The molecule has 2 heterocycles. The van der Waals surface area contributed by atoms with E-state index in [0.717, 1.165) is 5.56 Å². The number of aromatic nitrogens is 3. The van der Waals surface area contributed by atoms with Gasteiger partial charge in [-0.3, -0.25) is 19.5 Å². The Balaban J connectivity index is 1.52. The second kappa shape index (κ2) is 9.82. The predicted octanol–water partition coefficient (Wildman–Crippen LogP) is 2.59. The predicted molar refractivity (Wildman–Crippen MR) is 121 cm³/mol. The molecule has 1 aromatic heterocycles. The average Bonchev–Trinajstić information content (AvgIpc) is 3.16. The molecule has 3 aromatic rings. The summed E-state index contributed by atoms with van der Waals surface area (Å²) in [5.74, 6) is -0.427. The molecule has 1 fully saturated rings. The van der Waals surface area contributed by atoms with Gasteiger partial charge in [-0.1, -0.05) is 29.5 Å². The van der Waals surface area contributed by atoms with Gasteiger partial charge >= 0.3 is 6.03 Å². The normalized spacial score (nSPS) is 15.6. The maximum Gasteiger partial charge on any atom is 0.321 e. The van der Waals surface area contributed by atoms with Crippen molar-refractivity contribution in [2.24, 2.45) is 0 Å². The molecule has 0 saturated carbocycles. The number of aryl methyl sites for hydroxylation is 1. The Morgan fingerprint density at radius 1 is 1.15 bits per heavy atom. The number of nitrogens with one attached hydrogen (secondary N) is 3. The van der Waals surface area contributed by atoms with Gasteiger partial charge in [0.1, 0.15) is 11.6 Å². The molecule has 2 aromatic carbocycles. The van der Waals surface area contributed by atoms with Crippen LogP contribution in [-0.4, -0.2) is 44.4 Å². The Bertz CT molecular complexity index is 1160. The van der Waals surface area contributed by atoms with Crippen molar-refractivity contribution >= 4 is 35.3 Å². The molecule has 4 amide bonds. The molecule has 170 valence electrons. The first-order valence-corrected chi connectivity index (χ1v) is 11.2. The molecular formula is C22H21FN6O3S. The quantitative estimate of drug-likeness (QED) is 0.459. The summed E-state index contributed by atoms with van der Waals surface area (Å²) in [6.07, 6.45) is 0.336. The van der Waals surface area contributed by atoms with E-state index >= 15 is 0 Å². The van der Waals surface area contributed by atoms with Gasteiger partial charge in [-0.15, -0.1) is 10.2 Å². The van der Waals surface area contributed by atoms with Crippen LogP contribution in [0.2, 0.25) is 0 Å². The van der Waals surface area contributed by atoms with Crippen molar-refractivity contribution in [1.29, 1.82) is 0 Å². The summed E-state index contributed by atoms with van der Waals surface area (Å²) in [6, 6.07) is 12.2. The zero-order chi connectivity index (χ0) is 23.4. The topological polar surface area (TPSA) is 118 Å². The van der Waals surface area contributed by atoms with Crippen molar-refractivity contribution in [1.82, 2.24) is 25.4 Å². The highest BCUT2D eigenvalue weighted by atomic mass is 32.2. The van der Waals surface area contributed by atoms with Crippen molar-refractivity contribution < 1.29 is 18.8 Å². The first-order chi connectivity index (χ1) is 15.9. The van der Waals surface area contributed by atoms with E-state index in [1.807, 2.05) is 31.2 Å². The molecule has 3 N–H and O–H groups in total. The molecule has 1 aliphatic rings. The maximum absolute atomic E-state index is 13.5. The number of hydrogen-bond donors (Lipinski definition) is 3. The number of carbonyl (C=O) groups is 3. The largest absolute Gasteiger partial charge is 0.334 e. The Hall–Kier alpha value is -3.73. The van der Waals surface area contributed by atoms with E-state index in [1.165, 1.54) is 23.9 Å². The van der Waals surface area contributed by atoms with Gasteiger partial charge in [-0.25, -0.2) is 9.18 Å². The summed E-state index contributed by atoms with van der Waals surface area (Å²) in [6.45, 7) is 1.96. The molecule has 1 atom stereocenters. The highest BCUT2D eigenvalue weighted by Crippen LogP contribution is 2.24. The monoisotopic (exact) mass is 468 g/mol. The minimum absolute atomic E-state index is 0.0791. The Morgan fingerprint density at radius 3 is 2.58 bits per heavy atom. The molecule has 0 aliphatic carbocycles. The van der Waals surface area contributed by atoms with Crippen LogP contribution in [0.15, 0.2) is 53.7 Å². The van der Waals surface area contributed by atoms with Gasteiger partial charge in [-0.05, 0) is 43.3 Å². The van der Waals surface area contributed by atoms with Crippen LogP contribution in [0, 0.1) is 12.7 Å². The van der Waals surface area contributed by atoms with Gasteiger partial charge in [0.25, 0.3) is 0 Å². The number of thioether (sulfide) groups is 1. The second-order valence-corrected chi connectivity index (χ2v) is 8.48. The lowest BCUT2D eigenvalue weighted by Crippen LogP contribution is -2.53. The summed E-state index contributed by atoms with van der Waals surface area (Å²) >= 11 is 1.18. The van der Waals surface area contributed by atoms with Crippen molar-refractivity contribution in [2.75, 3.05) is 11.1 Å². The lowest BCUT2D eigenvalue weighted by molar-refractivity contribution is -0.121. The number of imide groups is 1. The second-order valence-electron chi connectivity index (χ2n) is 7.54. The highest BCUT2D eigenvalue weighted by molar-refractivity contribution is 7.99. The summed E-state index contributed by atoms with van der Waals surface area (Å²) < 4.78 is 15.2. The average molecular weight is 469 g/mol. The van der Waals surface area contributed by atoms with Crippen LogP contribution < -0.4 is 16.0 Å². The SMILES string of the molecule is Cc1ccc(NC(=O)CSc2nnc(CC3CC(=O)NC(=O)N3)n2-c2ccc(F)cc2)cc1. The number of amides is 4. The Labute approximate surface area is 193 Å². The summed E-state index contributed by atoms with van der Waals surface area (Å²) in [5.41, 5.74) is 2.39. The molecular weight excluding hydrogens is 447 g/mol. The number of benzene rings is 2. The van der Waals surface area contributed by atoms with Gasteiger partial charge in [0.05, 0.1) is 5.75 Å². The van der Waals surface area contributed by atoms with Gasteiger partial charge in [0.2, 0.25) is 11.8 Å². The van der Waals surface area contributed by atoms with Crippen LogP contribution in [0.4, 0.5) is 14.9 Å². The Morgan fingerprint density at radius 2 is 1.88 bits per heavy atom. The molecule has 0 bridgehead atoms. The summed E-state index contributed by atoms with van der Waals surface area (Å²) in [4.78, 5) is 35.8. The molecule has 1 aliphatic heterocycles. The van der Waals surface area contributed by atoms with Crippen molar-refractivity contribution in [3.05, 3.63) is 65.7 Å². The molecule has 1 saturated heterocycles. The van der Waals surface area contributed by atoms with Crippen molar-refractivity contribution in [3.8, 4) is 5.69 Å². The maximum atomic E-state index is 13.5. The number of rotatable bonds is 7. The van der Waals surface area contributed by atoms with Crippen LogP contribution in [0.5, 0.6) is 0 Å². The van der Waals surface area contributed by atoms with Gasteiger partial charge < -0.3 is 10.6 Å². The van der Waals surface area contributed by atoms with E-state index in [4.69, 9.17) is 0 Å². The van der Waals surface area contributed by atoms with Crippen LogP contribution in [0.3, 0.4) is 0 Å². The van der Waals surface area contributed by atoms with E-state index in [0.29, 0.717) is 22.4 Å². The number of anilines is 1. The van der Waals surface area contributed by atoms with Crippen LogP contribution in [-0.2, 0) is 16.0 Å². The fourth-order valence-electron chi connectivity index (χ4n) is 3.36. The standard InChI is InChI=1S/C22H21FN6O3S/c1-13-2-6-15(7-3-13)24-20(31)12-33-22-28-27-18(10-16-11-19(30)26-21(32)25-16)29(22)17-8-4-14(23)5-9-17/h2-9,16H,10-12H2,1H3,(H,24,31)(H2,25,26,30,32). The number of nitrogens with zero attached hydrogens (tertiary/aromatic N) is 3. The molecule has 9 nitrogen and oxygen atoms in total. The van der Waals surface area contributed by atoms with Gasteiger partial charge in [0, 0.05) is 30.3 Å². The zero-order valence-corrected chi connectivity index (χ0v) is 18.5. The van der Waals surface area contributed by atoms with Gasteiger partial charge in [-0.2, -0.15) is 0 Å². The smallest absolute Gasteiger partial charge is 0.321 e. The molecule has 33 heavy (non-hydrogen) atoms. The number of urea groups is 1. The van der Waals surface area contributed by atoms with Crippen molar-refractivity contribution in [2.45, 2.75) is 31.0 Å². The number of halogens is 1. The van der Waals surface area contributed by atoms with Crippen molar-refractivity contribution in [3.63, 3.8) is 0 Å². The fraction of sp³-hybridized carbons (Fsp3) is 0.227. The lowest BCUT2D eigenvalue weighted by atomic mass is 10.1. The third kappa shape index (κ3) is 5.75. The summed E-state index contributed by atoms with van der Waals surface area (Å²) in [7, 11) is 0. The molecule has 11 heteroatoms. The number of hydrogen-bond acceptors (Lipinski definition) is 6. The molecule has 0 spiro atoms. The molecule has 1 unspecified atom stereocenters. The highest BCUT2D eigenvalue weighted by Gasteiger charge is 2.27. The minimum Gasteiger partial charge on any atom is -0.334 e. The van der Waals surface area contributed by atoms with Crippen LogP contribution in [0.25, 0.3) is 5.69 Å². The third-order valence-corrected chi connectivity index (χ3v) is 5.83. The first kappa shape index (κ1) is 22.5. The van der Waals surface area contributed by atoms with Crippen LogP contribution >= 0.6 is 11.8 Å².